The Morgan fingerprint density at radius 2 is 0.391 bits per heavy atom. The van der Waals surface area contributed by atoms with E-state index in [1.54, 1.807) is 0 Å². The minimum Gasteiger partial charge on any atom is -0.462 e. The number of hydrogen-bond donors (Lipinski definition) is 0. The van der Waals surface area contributed by atoms with Gasteiger partial charge in [-0.2, -0.15) is 0 Å². The van der Waals surface area contributed by atoms with Crippen LogP contribution in [0.1, 0.15) is 367 Å². The molecule has 0 aromatic heterocycles. The maximum atomic E-state index is 12.7. The van der Waals surface area contributed by atoms with Crippen LogP contribution in [0.25, 0.3) is 0 Å². The lowest BCUT2D eigenvalue weighted by Gasteiger charge is -2.18. The summed E-state index contributed by atoms with van der Waals surface area (Å²) in [5.74, 6) is -0.845. The summed E-state index contributed by atoms with van der Waals surface area (Å²) < 4.78 is 16.8. The summed E-state index contributed by atoms with van der Waals surface area (Å²) >= 11 is 0. The van der Waals surface area contributed by atoms with Crippen LogP contribution in [0.15, 0.2) is 0 Å². The summed E-state index contributed by atoms with van der Waals surface area (Å²) in [5.41, 5.74) is 0. The van der Waals surface area contributed by atoms with E-state index in [0.29, 0.717) is 19.3 Å². The van der Waals surface area contributed by atoms with Gasteiger partial charge in [-0.1, -0.05) is 329 Å². The Hall–Kier alpha value is -1.59. The fourth-order valence-electron chi connectivity index (χ4n) is 9.86. The van der Waals surface area contributed by atoms with Crippen molar-refractivity contribution >= 4 is 17.9 Å². The summed E-state index contributed by atoms with van der Waals surface area (Å²) in [6.07, 6.45) is 67.4. The molecule has 0 bridgehead atoms. The predicted octanol–water partition coefficient (Wildman–Crippen LogP) is 21.1. The molecule has 0 spiro atoms. The minimum absolute atomic E-state index is 0.0622. The fraction of sp³-hybridized carbons (Fsp3) is 0.952. The summed E-state index contributed by atoms with van der Waals surface area (Å²) in [7, 11) is 0. The molecule has 0 aromatic carbocycles. The Kier molecular flexibility index (Phi) is 57.6. The van der Waals surface area contributed by atoms with Crippen molar-refractivity contribution in [1.29, 1.82) is 0 Å². The molecule has 0 aliphatic heterocycles. The van der Waals surface area contributed by atoms with Gasteiger partial charge in [0, 0.05) is 19.3 Å². The zero-order chi connectivity index (χ0) is 50.0. The molecule has 0 aliphatic rings. The number of esters is 3. The smallest absolute Gasteiger partial charge is 0.306 e. The van der Waals surface area contributed by atoms with Gasteiger partial charge in [0.1, 0.15) is 13.2 Å². The van der Waals surface area contributed by atoms with E-state index in [1.165, 1.54) is 270 Å². The normalized spacial score (nSPS) is 11.9. The molecule has 0 saturated carbocycles. The van der Waals surface area contributed by atoms with E-state index in [4.69, 9.17) is 14.2 Å². The molecular formula is C63H122O6. The average Bonchev–Trinajstić information content (AvgIpc) is 3.35. The molecule has 6 nitrogen and oxygen atoms in total. The zero-order valence-electron chi connectivity index (χ0n) is 47.1. The van der Waals surface area contributed by atoms with Gasteiger partial charge in [-0.15, -0.1) is 0 Å². The van der Waals surface area contributed by atoms with Crippen molar-refractivity contribution in [3.05, 3.63) is 0 Å². The predicted molar refractivity (Wildman–Crippen MR) is 298 cm³/mol. The molecular weight excluding hydrogens is 853 g/mol. The van der Waals surface area contributed by atoms with Gasteiger partial charge >= 0.3 is 17.9 Å². The molecule has 0 N–H and O–H groups in total. The Labute approximate surface area is 431 Å². The molecule has 0 aliphatic carbocycles. The van der Waals surface area contributed by atoms with E-state index in [2.05, 4.69) is 20.8 Å². The minimum atomic E-state index is -0.759. The van der Waals surface area contributed by atoms with E-state index in [1.807, 2.05) is 0 Å². The van der Waals surface area contributed by atoms with Crippen molar-refractivity contribution < 1.29 is 28.6 Å². The molecule has 0 saturated heterocycles. The van der Waals surface area contributed by atoms with Gasteiger partial charge in [0.25, 0.3) is 0 Å². The van der Waals surface area contributed by atoms with E-state index in [-0.39, 0.29) is 31.1 Å². The van der Waals surface area contributed by atoms with Crippen LogP contribution < -0.4 is 0 Å². The first-order valence-electron chi connectivity index (χ1n) is 31.5. The lowest BCUT2D eigenvalue weighted by Crippen LogP contribution is -2.30. The summed E-state index contributed by atoms with van der Waals surface area (Å²) in [5, 5.41) is 0. The van der Waals surface area contributed by atoms with Gasteiger partial charge in [-0.25, -0.2) is 0 Å². The molecule has 1 unspecified atom stereocenters. The van der Waals surface area contributed by atoms with Crippen molar-refractivity contribution in [2.75, 3.05) is 13.2 Å². The third-order valence-electron chi connectivity index (χ3n) is 14.6. The number of ether oxygens (including phenoxy) is 3. The second kappa shape index (κ2) is 59.0. The fourth-order valence-corrected chi connectivity index (χ4v) is 9.86. The van der Waals surface area contributed by atoms with Crippen LogP contribution in [0.3, 0.4) is 0 Å². The summed E-state index contributed by atoms with van der Waals surface area (Å²) in [6.45, 7) is 6.66. The first-order valence-corrected chi connectivity index (χ1v) is 31.5. The van der Waals surface area contributed by atoms with Crippen molar-refractivity contribution in [1.82, 2.24) is 0 Å². The Balaban J connectivity index is 3.85. The first kappa shape index (κ1) is 67.4. The van der Waals surface area contributed by atoms with Gasteiger partial charge < -0.3 is 14.2 Å². The SMILES string of the molecule is CCCCCCCCCCCCCCCCCCCCCCCCCCCCCCCCCCCC(=O)OCC(COC(=O)CCCCCCCCCC)OC(=O)CCCCCCCCCCCC. The third kappa shape index (κ3) is 57.2. The molecule has 6 heteroatoms. The van der Waals surface area contributed by atoms with E-state index in [0.717, 1.165) is 57.8 Å². The van der Waals surface area contributed by atoms with Crippen LogP contribution in [-0.4, -0.2) is 37.2 Å². The molecule has 0 radical (unpaired) electrons. The van der Waals surface area contributed by atoms with Crippen LogP contribution in [0.2, 0.25) is 0 Å². The van der Waals surface area contributed by atoms with Crippen LogP contribution in [0.5, 0.6) is 0 Å². The van der Waals surface area contributed by atoms with Gasteiger partial charge in [0.05, 0.1) is 0 Å². The standard InChI is InChI=1S/C63H122O6/c1-4-7-10-13-16-19-21-22-23-24-25-26-27-28-29-30-31-32-33-34-35-36-37-38-39-40-41-42-43-45-47-50-53-56-62(65)68-59-60(58-67-61(64)55-52-49-46-18-15-12-9-6-3)69-63(66)57-54-51-48-44-20-17-14-11-8-5-2/h60H,4-59H2,1-3H3. The molecule has 1 atom stereocenters. The highest BCUT2D eigenvalue weighted by atomic mass is 16.6. The molecule has 410 valence electrons. The monoisotopic (exact) mass is 975 g/mol. The third-order valence-corrected chi connectivity index (χ3v) is 14.6. The topological polar surface area (TPSA) is 78.9 Å². The maximum Gasteiger partial charge on any atom is 0.306 e. The molecule has 0 heterocycles. The van der Waals surface area contributed by atoms with Gasteiger partial charge in [0.2, 0.25) is 0 Å². The van der Waals surface area contributed by atoms with Crippen molar-refractivity contribution in [2.45, 2.75) is 374 Å². The lowest BCUT2D eigenvalue weighted by molar-refractivity contribution is -0.167. The second-order valence-electron chi connectivity index (χ2n) is 21.7. The van der Waals surface area contributed by atoms with E-state index < -0.39 is 6.10 Å². The van der Waals surface area contributed by atoms with Crippen LogP contribution in [-0.2, 0) is 28.6 Å². The van der Waals surface area contributed by atoms with Gasteiger partial charge in [-0.3, -0.25) is 14.4 Å². The first-order chi connectivity index (χ1) is 34.0. The molecule has 0 aromatic rings. The average molecular weight is 976 g/mol. The molecule has 69 heavy (non-hydrogen) atoms. The Morgan fingerprint density at radius 1 is 0.232 bits per heavy atom. The number of unbranched alkanes of at least 4 members (excludes halogenated alkanes) is 48. The van der Waals surface area contributed by atoms with Crippen molar-refractivity contribution in [2.24, 2.45) is 0 Å². The molecule has 0 rings (SSSR count). The summed E-state index contributed by atoms with van der Waals surface area (Å²) in [6, 6.07) is 0. The number of carbonyl (C=O) groups is 3. The highest BCUT2D eigenvalue weighted by Gasteiger charge is 2.19. The highest BCUT2D eigenvalue weighted by molar-refractivity contribution is 5.71. The molecule has 0 fully saturated rings. The van der Waals surface area contributed by atoms with Gasteiger partial charge in [-0.05, 0) is 19.3 Å². The van der Waals surface area contributed by atoms with Crippen molar-refractivity contribution in [3.63, 3.8) is 0 Å². The quantitative estimate of drug-likeness (QED) is 0.0343. The van der Waals surface area contributed by atoms with Crippen LogP contribution in [0.4, 0.5) is 0 Å². The molecule has 0 amide bonds. The maximum absolute atomic E-state index is 12.7. The largest absolute Gasteiger partial charge is 0.462 e. The van der Waals surface area contributed by atoms with Crippen LogP contribution >= 0.6 is 0 Å². The zero-order valence-corrected chi connectivity index (χ0v) is 47.1. The van der Waals surface area contributed by atoms with E-state index >= 15 is 0 Å². The van der Waals surface area contributed by atoms with Gasteiger partial charge in [0.15, 0.2) is 6.10 Å². The Bertz CT molecular complexity index is 1030. The number of hydrogen-bond acceptors (Lipinski definition) is 6. The second-order valence-corrected chi connectivity index (χ2v) is 21.7. The number of carbonyl (C=O) groups excluding carboxylic acids is 3. The summed E-state index contributed by atoms with van der Waals surface area (Å²) in [4.78, 5) is 37.9. The van der Waals surface area contributed by atoms with E-state index in [9.17, 15) is 14.4 Å². The number of rotatable bonds is 59. The highest BCUT2D eigenvalue weighted by Crippen LogP contribution is 2.19. The Morgan fingerprint density at radius 3 is 0.580 bits per heavy atom. The van der Waals surface area contributed by atoms with Crippen LogP contribution in [0, 0.1) is 0 Å². The lowest BCUT2D eigenvalue weighted by atomic mass is 10.0. The van der Waals surface area contributed by atoms with Crippen molar-refractivity contribution in [3.8, 4) is 0 Å².